The van der Waals surface area contributed by atoms with Crippen molar-refractivity contribution in [1.82, 2.24) is 0 Å². The molecule has 0 saturated carbocycles. The van der Waals surface area contributed by atoms with Gasteiger partial charge in [-0.25, -0.2) is 4.79 Å². The zero-order valence-electron chi connectivity index (χ0n) is 16.9. The lowest BCUT2D eigenvalue weighted by Crippen LogP contribution is -2.76. The highest BCUT2D eigenvalue weighted by Crippen LogP contribution is 2.65. The second kappa shape index (κ2) is 9.15. The molecule has 0 heterocycles. The summed E-state index contributed by atoms with van der Waals surface area (Å²) in [5.41, 5.74) is -3.51. The first kappa shape index (κ1) is 35.7. The van der Waals surface area contributed by atoms with Crippen molar-refractivity contribution >= 4 is 5.97 Å². The average Bonchev–Trinajstić information content (AvgIpc) is 2.69. The van der Waals surface area contributed by atoms with E-state index in [2.05, 4.69) is 0 Å². The number of rotatable bonds is 12. The third-order valence-electron chi connectivity index (χ3n) is 4.58. The summed E-state index contributed by atoms with van der Waals surface area (Å²) in [5.74, 6) is -79.2. The molecule has 0 aromatic rings. The Balaban J connectivity index is 6.98. The lowest BCUT2D eigenvalue weighted by atomic mass is 9.85. The van der Waals surface area contributed by atoms with Crippen molar-refractivity contribution in [3.05, 3.63) is 12.2 Å². The normalized spacial score (nSPS) is 16.0. The molecule has 0 aliphatic carbocycles. The molecule has 1 N–H and O–H groups in total. The summed E-state index contributed by atoms with van der Waals surface area (Å²) in [6.07, 6.45) is -12.8. The van der Waals surface area contributed by atoms with Gasteiger partial charge in [0.15, 0.2) is 0 Å². The Morgan fingerprint density at radius 1 is 0.474 bits per heavy atom. The maximum absolute atomic E-state index is 13.6. The van der Waals surface area contributed by atoms with Crippen LogP contribution in [0.4, 0.5) is 92.2 Å². The fraction of sp³-hybridized carbons (Fsp3) is 0.800. The molecular weight excluding hydrogens is 611 g/mol. The topological polar surface area (TPSA) is 37.3 Å². The molecule has 38 heavy (non-hydrogen) atoms. The predicted molar refractivity (Wildman–Crippen MR) is 76.6 cm³/mol. The number of hydrogen-bond donors (Lipinski definition) is 1. The standard InChI is InChI=1S/C15H7F21O2/c1-4(5(37)38)8(21,22)10(25,26)12(29,30)14(33,34)15(35,36)13(31,32)11(27,28)9(23,24)6(16,17)2-3-7(18,19)20/h1-3H2,(H,37,38). The highest BCUT2D eigenvalue weighted by Gasteiger charge is 2.96. The van der Waals surface area contributed by atoms with Crippen LogP contribution in [0.25, 0.3) is 0 Å². The first-order chi connectivity index (χ1) is 16.1. The highest BCUT2D eigenvalue weighted by molar-refractivity contribution is 5.88. The van der Waals surface area contributed by atoms with Gasteiger partial charge in [0.2, 0.25) is 0 Å². The number of alkyl halides is 21. The van der Waals surface area contributed by atoms with Crippen LogP contribution in [0.2, 0.25) is 0 Å². The van der Waals surface area contributed by atoms with Crippen LogP contribution in [-0.2, 0) is 4.79 Å². The van der Waals surface area contributed by atoms with Crippen LogP contribution in [0.1, 0.15) is 12.8 Å². The van der Waals surface area contributed by atoms with Crippen molar-refractivity contribution in [3.63, 3.8) is 0 Å². The molecule has 0 saturated heterocycles. The molecule has 0 rings (SSSR count). The van der Waals surface area contributed by atoms with E-state index in [4.69, 9.17) is 5.11 Å². The van der Waals surface area contributed by atoms with Crippen molar-refractivity contribution in [2.45, 2.75) is 72.3 Å². The maximum Gasteiger partial charge on any atom is 0.389 e. The number of halogens is 21. The van der Waals surface area contributed by atoms with Gasteiger partial charge in [0.1, 0.15) is 5.57 Å². The molecule has 0 aromatic carbocycles. The summed E-state index contributed by atoms with van der Waals surface area (Å²) in [7, 11) is 0. The molecule has 0 bridgehead atoms. The third kappa shape index (κ3) is 4.81. The van der Waals surface area contributed by atoms with E-state index in [1.54, 1.807) is 0 Å². The summed E-state index contributed by atoms with van der Waals surface area (Å²) < 4.78 is 279. The molecule has 0 atom stereocenters. The molecule has 0 fully saturated rings. The van der Waals surface area contributed by atoms with Gasteiger partial charge >= 0.3 is 65.4 Å². The van der Waals surface area contributed by atoms with Crippen LogP contribution in [0.15, 0.2) is 12.2 Å². The lowest BCUT2D eigenvalue weighted by Gasteiger charge is -2.44. The molecule has 0 amide bonds. The Bertz CT molecular complexity index is 912. The summed E-state index contributed by atoms with van der Waals surface area (Å²) in [4.78, 5) is 10.2. The van der Waals surface area contributed by atoms with Crippen molar-refractivity contribution in [1.29, 1.82) is 0 Å². The predicted octanol–water partition coefficient (Wildman–Crippen LogP) is 7.69. The number of carboxylic acid groups (broad SMARTS) is 1. The Morgan fingerprint density at radius 2 is 0.737 bits per heavy atom. The summed E-state index contributed by atoms with van der Waals surface area (Å²) >= 11 is 0. The number of carbonyl (C=O) groups is 1. The van der Waals surface area contributed by atoms with Crippen LogP contribution in [0, 0.1) is 0 Å². The van der Waals surface area contributed by atoms with Crippen molar-refractivity contribution in [2.24, 2.45) is 0 Å². The van der Waals surface area contributed by atoms with Crippen molar-refractivity contribution in [3.8, 4) is 0 Å². The minimum Gasteiger partial charge on any atom is -0.478 e. The first-order valence-electron chi connectivity index (χ1n) is 8.46. The molecule has 0 radical (unpaired) electrons. The summed E-state index contributed by atoms with van der Waals surface area (Å²) in [6, 6.07) is 0. The Labute approximate surface area is 194 Å². The van der Waals surface area contributed by atoms with Crippen LogP contribution in [-0.4, -0.2) is 70.6 Å². The van der Waals surface area contributed by atoms with Gasteiger partial charge in [0.05, 0.1) is 0 Å². The minimum absolute atomic E-state index is 1.51. The zero-order chi connectivity index (χ0) is 31.6. The van der Waals surface area contributed by atoms with Gasteiger partial charge in [-0.05, 0) is 0 Å². The monoisotopic (exact) mass is 618 g/mol. The van der Waals surface area contributed by atoms with Crippen molar-refractivity contribution in [2.75, 3.05) is 0 Å². The van der Waals surface area contributed by atoms with E-state index in [0.29, 0.717) is 0 Å². The number of aliphatic carboxylic acids is 1. The zero-order valence-corrected chi connectivity index (χ0v) is 16.9. The molecule has 2 nitrogen and oxygen atoms in total. The van der Waals surface area contributed by atoms with Gasteiger partial charge in [-0.2, -0.15) is 92.2 Å². The van der Waals surface area contributed by atoms with Gasteiger partial charge in [-0.3, -0.25) is 0 Å². The smallest absolute Gasteiger partial charge is 0.389 e. The van der Waals surface area contributed by atoms with Crippen molar-refractivity contribution < 1.29 is 102 Å². The maximum atomic E-state index is 13.6. The highest BCUT2D eigenvalue weighted by atomic mass is 19.4. The van der Waals surface area contributed by atoms with Gasteiger partial charge in [-0.15, -0.1) is 0 Å². The fourth-order valence-corrected chi connectivity index (χ4v) is 2.19. The van der Waals surface area contributed by atoms with Crippen LogP contribution in [0.5, 0.6) is 0 Å². The first-order valence-corrected chi connectivity index (χ1v) is 8.46. The van der Waals surface area contributed by atoms with Gasteiger partial charge in [-0.1, -0.05) is 6.58 Å². The van der Waals surface area contributed by atoms with E-state index in [1.165, 1.54) is 6.58 Å². The molecule has 0 aromatic heterocycles. The van der Waals surface area contributed by atoms with E-state index in [0.717, 1.165) is 0 Å². The Morgan fingerprint density at radius 3 is 1.00 bits per heavy atom. The third-order valence-corrected chi connectivity index (χ3v) is 4.58. The van der Waals surface area contributed by atoms with Gasteiger partial charge in [0, 0.05) is 12.8 Å². The van der Waals surface area contributed by atoms with E-state index in [1.807, 2.05) is 0 Å². The van der Waals surface area contributed by atoms with E-state index in [9.17, 15) is 97.0 Å². The second-order valence-corrected chi connectivity index (χ2v) is 7.20. The summed E-state index contributed by atoms with van der Waals surface area (Å²) in [6.45, 7) is 1.51. The molecular formula is C15H7F21O2. The van der Waals surface area contributed by atoms with Crippen LogP contribution < -0.4 is 0 Å². The molecule has 0 spiro atoms. The Kier molecular flexibility index (Phi) is 8.61. The number of hydrogen-bond acceptors (Lipinski definition) is 1. The quantitative estimate of drug-likeness (QED) is 0.180. The molecule has 226 valence electrons. The largest absolute Gasteiger partial charge is 0.478 e. The molecule has 0 aliphatic rings. The van der Waals surface area contributed by atoms with Gasteiger partial charge in [0.25, 0.3) is 0 Å². The van der Waals surface area contributed by atoms with E-state index < -0.39 is 83.9 Å². The Hall–Kier alpha value is -2.26. The van der Waals surface area contributed by atoms with E-state index >= 15 is 0 Å². The molecule has 23 heteroatoms. The minimum atomic E-state index is -9.12. The lowest BCUT2D eigenvalue weighted by molar-refractivity contribution is -0.461. The van der Waals surface area contributed by atoms with Crippen LogP contribution in [0.3, 0.4) is 0 Å². The molecule has 0 unspecified atom stereocenters. The second-order valence-electron chi connectivity index (χ2n) is 7.20. The fourth-order valence-electron chi connectivity index (χ4n) is 2.19. The average molecular weight is 618 g/mol. The molecule has 0 aliphatic heterocycles. The summed E-state index contributed by atoms with van der Waals surface area (Å²) in [5, 5.41) is 8.07. The van der Waals surface area contributed by atoms with Crippen LogP contribution >= 0.6 is 0 Å². The van der Waals surface area contributed by atoms with E-state index in [-0.39, 0.29) is 0 Å². The van der Waals surface area contributed by atoms with Gasteiger partial charge < -0.3 is 5.11 Å². The number of carboxylic acids is 1. The SMILES string of the molecule is C=C(C(=O)O)C(F)(F)C(F)(F)C(F)(F)C(F)(F)C(F)(F)C(F)(F)C(F)(F)C(F)(F)C(F)(F)CCC(F)(F)F.